The van der Waals surface area contributed by atoms with Crippen molar-refractivity contribution in [3.8, 4) is 33.6 Å². The van der Waals surface area contributed by atoms with Crippen LogP contribution in [-0.2, 0) is 19.1 Å². The lowest BCUT2D eigenvalue weighted by Crippen LogP contribution is -2.51. The number of ether oxygens (including phenoxy) is 2. The molecule has 2 aliphatic heterocycles. The van der Waals surface area contributed by atoms with Crippen molar-refractivity contribution in [2.45, 2.75) is 63.8 Å². The third kappa shape index (κ3) is 8.63. The van der Waals surface area contributed by atoms with Gasteiger partial charge in [-0.1, -0.05) is 92.7 Å². The summed E-state index contributed by atoms with van der Waals surface area (Å²) < 4.78 is 10.5. The number of hydrogen-bond donors (Lipinski definition) is 3. The second-order valence-corrected chi connectivity index (χ2v) is 16.5. The number of amides is 4. The van der Waals surface area contributed by atoms with Crippen LogP contribution in [0, 0.1) is 5.92 Å². The van der Waals surface area contributed by atoms with Gasteiger partial charge in [0.25, 0.3) is 5.91 Å². The standard InChI is InChI=1S/C48H52N8O6/c1-29(2)41(53-47(59)61-5)45(57)55-23-9-13-39(55)43-50-28-38(52-43)36-22-21-34-25-33(19-20-35(34)26-36)30-15-17-31(18-16-30)37-27-49-44(51-37)40-14-10-24-56(40)46(58)42(62-48(60)54(3)4)32-11-7-6-8-12-32/h6-8,11-12,15-22,25-29,39-42H,9-10,13-14,23-24H2,1-5H3,(H,49,51)(H,50,52)(H,53,59)/t39-,40-,41-,42+/m0/s1. The Balaban J connectivity index is 0.942. The van der Waals surface area contributed by atoms with Crippen molar-refractivity contribution in [3.05, 3.63) is 121 Å². The number of nitrogens with zero attached hydrogens (tertiary/aromatic N) is 5. The molecule has 4 atom stereocenters. The van der Waals surface area contributed by atoms with E-state index in [1.54, 1.807) is 37.3 Å². The topological polar surface area (TPSA) is 166 Å². The number of carbonyl (C=O) groups is 4. The number of alkyl carbamates (subject to hydrolysis) is 1. The number of aromatic nitrogens is 4. The van der Waals surface area contributed by atoms with Crippen molar-refractivity contribution in [3.63, 3.8) is 0 Å². The summed E-state index contributed by atoms with van der Waals surface area (Å²) in [6.07, 6.45) is 4.53. The van der Waals surface area contributed by atoms with Crippen LogP contribution in [0.4, 0.5) is 9.59 Å². The van der Waals surface area contributed by atoms with Crippen LogP contribution < -0.4 is 5.32 Å². The minimum Gasteiger partial charge on any atom is -0.453 e. The number of benzene rings is 4. The number of imidazole rings is 2. The Morgan fingerprint density at radius 1 is 0.710 bits per heavy atom. The fraction of sp³-hybridized carbons (Fsp3) is 0.333. The van der Waals surface area contributed by atoms with E-state index in [2.05, 4.69) is 75.9 Å². The first-order chi connectivity index (χ1) is 30.0. The SMILES string of the molecule is COC(=O)N[C@H](C(=O)N1CCC[C@H]1c1ncc(-c2ccc3cc(-c4ccc(-c5cnc([C@@H]6CCCN6C(=O)[C@H](OC(=O)N(C)C)c6ccccc6)[nH]5)cc4)ccc3c2)[nH]1)C(C)C. The average molecular weight is 837 g/mol. The number of aromatic amines is 2. The van der Waals surface area contributed by atoms with Gasteiger partial charge >= 0.3 is 12.2 Å². The van der Waals surface area contributed by atoms with E-state index in [1.807, 2.05) is 43.1 Å². The van der Waals surface area contributed by atoms with Gasteiger partial charge in [0, 0.05) is 38.3 Å². The highest BCUT2D eigenvalue weighted by atomic mass is 16.6. The zero-order valence-electron chi connectivity index (χ0n) is 35.6. The number of nitrogens with one attached hydrogen (secondary N) is 3. The maximum atomic E-state index is 14.0. The minimum atomic E-state index is -1.06. The molecule has 2 aliphatic rings. The molecule has 0 spiro atoms. The molecule has 0 aliphatic carbocycles. The summed E-state index contributed by atoms with van der Waals surface area (Å²) in [4.78, 5) is 73.5. The smallest absolute Gasteiger partial charge is 0.410 e. The van der Waals surface area contributed by atoms with Crippen LogP contribution in [0.1, 0.15) is 74.9 Å². The number of rotatable bonds is 11. The van der Waals surface area contributed by atoms with E-state index in [0.29, 0.717) is 24.5 Å². The highest BCUT2D eigenvalue weighted by Gasteiger charge is 2.39. The van der Waals surface area contributed by atoms with E-state index in [4.69, 9.17) is 19.4 Å². The monoisotopic (exact) mass is 836 g/mol. The second kappa shape index (κ2) is 17.9. The maximum absolute atomic E-state index is 14.0. The predicted molar refractivity (Wildman–Crippen MR) is 235 cm³/mol. The zero-order valence-corrected chi connectivity index (χ0v) is 35.6. The van der Waals surface area contributed by atoms with Gasteiger partial charge in [0.2, 0.25) is 12.0 Å². The van der Waals surface area contributed by atoms with Gasteiger partial charge in [0.05, 0.1) is 43.0 Å². The lowest BCUT2D eigenvalue weighted by molar-refractivity contribution is -0.142. The Kier molecular flexibility index (Phi) is 12.1. The normalized spacial score (nSPS) is 17.3. The van der Waals surface area contributed by atoms with Gasteiger partial charge in [0.1, 0.15) is 17.7 Å². The summed E-state index contributed by atoms with van der Waals surface area (Å²) >= 11 is 0. The van der Waals surface area contributed by atoms with Gasteiger partial charge in [0.15, 0.2) is 0 Å². The molecule has 14 nitrogen and oxygen atoms in total. The molecule has 8 rings (SSSR count). The summed E-state index contributed by atoms with van der Waals surface area (Å²) in [7, 11) is 4.48. The van der Waals surface area contributed by atoms with Crippen LogP contribution in [0.25, 0.3) is 44.4 Å². The molecule has 2 fully saturated rings. The van der Waals surface area contributed by atoms with Gasteiger partial charge in [-0.3, -0.25) is 9.59 Å². The number of H-pyrrole nitrogens is 2. The highest BCUT2D eigenvalue weighted by molar-refractivity contribution is 5.91. The fourth-order valence-corrected chi connectivity index (χ4v) is 8.49. The first kappa shape index (κ1) is 41.8. The Bertz CT molecular complexity index is 2570. The molecular formula is C48H52N8O6. The number of fused-ring (bicyclic) bond motifs is 1. The zero-order chi connectivity index (χ0) is 43.5. The van der Waals surface area contributed by atoms with E-state index in [1.165, 1.54) is 12.0 Å². The molecule has 4 amide bonds. The third-order valence-corrected chi connectivity index (χ3v) is 11.9. The lowest BCUT2D eigenvalue weighted by Gasteiger charge is -2.30. The van der Waals surface area contributed by atoms with Crippen molar-refractivity contribution < 1.29 is 28.7 Å². The maximum Gasteiger partial charge on any atom is 0.410 e. The van der Waals surface area contributed by atoms with Crippen LogP contribution in [0.15, 0.2) is 103 Å². The molecule has 0 unspecified atom stereocenters. The molecule has 0 bridgehead atoms. The Labute approximate surface area is 360 Å². The molecule has 2 aromatic heterocycles. The van der Waals surface area contributed by atoms with Crippen molar-refractivity contribution in [1.29, 1.82) is 0 Å². The van der Waals surface area contributed by atoms with Gasteiger partial charge < -0.3 is 39.5 Å². The van der Waals surface area contributed by atoms with Gasteiger partial charge in [-0.2, -0.15) is 0 Å². The Morgan fingerprint density at radius 3 is 1.82 bits per heavy atom. The first-order valence-corrected chi connectivity index (χ1v) is 21.1. The molecule has 320 valence electrons. The van der Waals surface area contributed by atoms with Crippen LogP contribution in [0.2, 0.25) is 0 Å². The summed E-state index contributed by atoms with van der Waals surface area (Å²) in [5, 5.41) is 4.89. The van der Waals surface area contributed by atoms with E-state index in [0.717, 1.165) is 75.9 Å². The van der Waals surface area contributed by atoms with E-state index < -0.39 is 24.3 Å². The van der Waals surface area contributed by atoms with Gasteiger partial charge in [-0.15, -0.1) is 0 Å². The van der Waals surface area contributed by atoms with Gasteiger partial charge in [-0.25, -0.2) is 19.6 Å². The first-order valence-electron chi connectivity index (χ1n) is 21.1. The summed E-state index contributed by atoms with van der Waals surface area (Å²) in [5.41, 5.74) is 6.45. The average Bonchev–Trinajstić information content (AvgIpc) is 4.14. The third-order valence-electron chi connectivity index (χ3n) is 11.9. The molecule has 0 radical (unpaired) electrons. The van der Waals surface area contributed by atoms with Crippen LogP contribution in [-0.4, -0.2) is 99.0 Å². The quantitative estimate of drug-likeness (QED) is 0.117. The Hall–Kier alpha value is -6.96. The van der Waals surface area contributed by atoms with Crippen molar-refractivity contribution in [2.24, 2.45) is 5.92 Å². The van der Waals surface area contributed by atoms with Crippen molar-refractivity contribution >= 4 is 34.8 Å². The number of carbonyl (C=O) groups excluding carboxylic acids is 4. The lowest BCUT2D eigenvalue weighted by atomic mass is 9.98. The molecule has 3 N–H and O–H groups in total. The van der Waals surface area contributed by atoms with Crippen molar-refractivity contribution in [1.82, 2.24) is 40.0 Å². The molecule has 14 heteroatoms. The Morgan fingerprint density at radius 2 is 1.24 bits per heavy atom. The molecule has 4 heterocycles. The van der Waals surface area contributed by atoms with Crippen LogP contribution in [0.3, 0.4) is 0 Å². The molecule has 6 aromatic rings. The largest absolute Gasteiger partial charge is 0.453 e. The number of hydrogen-bond acceptors (Lipinski definition) is 8. The fourth-order valence-electron chi connectivity index (χ4n) is 8.49. The molecule has 4 aromatic carbocycles. The van der Waals surface area contributed by atoms with E-state index in [9.17, 15) is 19.2 Å². The molecule has 0 saturated carbocycles. The molecule has 62 heavy (non-hydrogen) atoms. The highest BCUT2D eigenvalue weighted by Crippen LogP contribution is 2.37. The number of likely N-dealkylation sites (tertiary alicyclic amines) is 2. The predicted octanol–water partition coefficient (Wildman–Crippen LogP) is 8.43. The second-order valence-electron chi connectivity index (χ2n) is 16.5. The minimum absolute atomic E-state index is 0.108. The van der Waals surface area contributed by atoms with E-state index >= 15 is 0 Å². The van der Waals surface area contributed by atoms with E-state index in [-0.39, 0.29) is 29.8 Å². The molecule has 2 saturated heterocycles. The number of methoxy groups -OCH3 is 1. The van der Waals surface area contributed by atoms with Gasteiger partial charge in [-0.05, 0) is 71.2 Å². The summed E-state index contributed by atoms with van der Waals surface area (Å²) in [6.45, 7) is 4.94. The van der Waals surface area contributed by atoms with Crippen LogP contribution >= 0.6 is 0 Å². The summed E-state index contributed by atoms with van der Waals surface area (Å²) in [5.74, 6) is 0.903. The molecular weight excluding hydrogens is 785 g/mol. The van der Waals surface area contributed by atoms with Crippen LogP contribution in [0.5, 0.6) is 0 Å². The summed E-state index contributed by atoms with van der Waals surface area (Å²) in [6, 6.07) is 29.0. The van der Waals surface area contributed by atoms with Crippen molar-refractivity contribution in [2.75, 3.05) is 34.3 Å².